The van der Waals surface area contributed by atoms with Gasteiger partial charge in [0.25, 0.3) is 0 Å². The van der Waals surface area contributed by atoms with Crippen molar-refractivity contribution in [2.45, 2.75) is 37.5 Å². The minimum atomic E-state index is -0.646. The zero-order chi connectivity index (χ0) is 18.5. The minimum Gasteiger partial charge on any atom is -0.481 e. The summed E-state index contributed by atoms with van der Waals surface area (Å²) in [6.45, 7) is 0. The molecular formula is C22H24O4. The molecule has 2 fully saturated rings. The molecule has 2 N–H and O–H groups in total. The number of hydrogen-bond donors (Lipinski definition) is 2. The monoisotopic (exact) mass is 352 g/mol. The average Bonchev–Trinajstić information content (AvgIpc) is 2.54. The summed E-state index contributed by atoms with van der Waals surface area (Å²) in [6.07, 6.45) is 3.22. The molecule has 4 nitrogen and oxygen atoms in total. The lowest BCUT2D eigenvalue weighted by Crippen LogP contribution is -2.28. The number of benzene rings is 2. The predicted molar refractivity (Wildman–Crippen MR) is 99.1 cm³/mol. The molecule has 0 aromatic heterocycles. The molecule has 0 unspecified atom stereocenters. The van der Waals surface area contributed by atoms with Crippen LogP contribution in [0.1, 0.15) is 48.6 Å². The van der Waals surface area contributed by atoms with Crippen LogP contribution in [0.5, 0.6) is 0 Å². The van der Waals surface area contributed by atoms with Gasteiger partial charge in [0.05, 0.1) is 11.8 Å². The molecule has 2 aromatic carbocycles. The fourth-order valence-corrected chi connectivity index (χ4v) is 3.63. The van der Waals surface area contributed by atoms with E-state index in [1.54, 1.807) is 0 Å². The summed E-state index contributed by atoms with van der Waals surface area (Å²) in [5, 5.41) is 17.4. The third-order valence-electron chi connectivity index (χ3n) is 5.52. The van der Waals surface area contributed by atoms with Crippen molar-refractivity contribution >= 4 is 11.9 Å². The van der Waals surface area contributed by atoms with Gasteiger partial charge >= 0.3 is 11.9 Å². The predicted octanol–water partition coefficient (Wildman–Crippen LogP) is 4.53. The van der Waals surface area contributed by atoms with Crippen LogP contribution in [-0.4, -0.2) is 22.2 Å². The van der Waals surface area contributed by atoms with Gasteiger partial charge in [0.2, 0.25) is 0 Å². The molecule has 0 heterocycles. The number of carboxylic acid groups (broad SMARTS) is 2. The first-order chi connectivity index (χ1) is 12.5. The normalized spacial score (nSPS) is 26.5. The summed E-state index contributed by atoms with van der Waals surface area (Å²) in [5.74, 6) is -0.556. The van der Waals surface area contributed by atoms with Gasteiger partial charge in [-0.05, 0) is 48.6 Å². The smallest absolute Gasteiger partial charge is 0.306 e. The van der Waals surface area contributed by atoms with Crippen LogP contribution in [0, 0.1) is 11.8 Å². The lowest BCUT2D eigenvalue weighted by atomic mass is 9.71. The number of aliphatic carboxylic acids is 2. The molecule has 136 valence electrons. The molecular weight excluding hydrogens is 328 g/mol. The van der Waals surface area contributed by atoms with Crippen LogP contribution >= 0.6 is 0 Å². The summed E-state index contributed by atoms with van der Waals surface area (Å²) in [7, 11) is 0. The number of hydrogen-bond acceptors (Lipinski definition) is 2. The van der Waals surface area contributed by atoms with Crippen LogP contribution < -0.4 is 0 Å². The molecule has 0 saturated heterocycles. The van der Waals surface area contributed by atoms with Crippen molar-refractivity contribution in [3.8, 4) is 0 Å². The molecule has 2 aliphatic rings. The average molecular weight is 352 g/mol. The summed E-state index contributed by atoms with van der Waals surface area (Å²) < 4.78 is 0. The Labute approximate surface area is 153 Å². The van der Waals surface area contributed by atoms with Gasteiger partial charge in [-0.2, -0.15) is 0 Å². The van der Waals surface area contributed by atoms with Gasteiger partial charge in [0.15, 0.2) is 0 Å². The molecule has 0 bridgehead atoms. The third-order valence-corrected chi connectivity index (χ3v) is 5.52. The maximum Gasteiger partial charge on any atom is 0.306 e. The zero-order valence-electron chi connectivity index (χ0n) is 14.6. The fourth-order valence-electron chi connectivity index (χ4n) is 3.63. The van der Waals surface area contributed by atoms with Crippen molar-refractivity contribution in [1.82, 2.24) is 0 Å². The summed E-state index contributed by atoms with van der Waals surface area (Å²) >= 11 is 0. The quantitative estimate of drug-likeness (QED) is 0.848. The van der Waals surface area contributed by atoms with E-state index in [0.717, 1.165) is 25.7 Å². The molecule has 0 atom stereocenters. The van der Waals surface area contributed by atoms with Crippen molar-refractivity contribution in [3.63, 3.8) is 0 Å². The SMILES string of the molecule is O=C(O)C1CC(c2ccccc2)C1.O=C(O)C1CC(c2ccccc2)C1. The lowest BCUT2D eigenvalue weighted by molar-refractivity contribution is -0.146. The highest BCUT2D eigenvalue weighted by Gasteiger charge is 2.35. The van der Waals surface area contributed by atoms with Gasteiger partial charge in [-0.15, -0.1) is 0 Å². The van der Waals surface area contributed by atoms with E-state index in [4.69, 9.17) is 10.2 Å². The second-order valence-electron chi connectivity index (χ2n) is 7.23. The maximum atomic E-state index is 10.6. The molecule has 0 amide bonds. The molecule has 2 aromatic rings. The van der Waals surface area contributed by atoms with E-state index in [2.05, 4.69) is 24.3 Å². The Hall–Kier alpha value is -2.62. The van der Waals surface area contributed by atoms with Gasteiger partial charge in [0.1, 0.15) is 0 Å². The van der Waals surface area contributed by atoms with Crippen LogP contribution in [0.25, 0.3) is 0 Å². The molecule has 2 saturated carbocycles. The second-order valence-corrected chi connectivity index (χ2v) is 7.23. The molecule has 2 aliphatic carbocycles. The van der Waals surface area contributed by atoms with Crippen molar-refractivity contribution in [2.75, 3.05) is 0 Å². The van der Waals surface area contributed by atoms with E-state index in [1.165, 1.54) is 11.1 Å². The summed E-state index contributed by atoms with van der Waals surface area (Å²) in [6, 6.07) is 20.3. The van der Waals surface area contributed by atoms with Crippen LogP contribution in [0.4, 0.5) is 0 Å². The number of carboxylic acids is 2. The van der Waals surface area contributed by atoms with Crippen LogP contribution in [0.15, 0.2) is 60.7 Å². The third kappa shape index (κ3) is 4.31. The number of carbonyl (C=O) groups is 2. The number of rotatable bonds is 4. The first kappa shape index (κ1) is 18.2. The highest BCUT2D eigenvalue weighted by Crippen LogP contribution is 2.42. The molecule has 0 spiro atoms. The molecule has 0 aliphatic heterocycles. The molecule has 4 rings (SSSR count). The first-order valence-electron chi connectivity index (χ1n) is 9.10. The van der Waals surface area contributed by atoms with Crippen molar-refractivity contribution < 1.29 is 19.8 Å². The second kappa shape index (κ2) is 8.17. The summed E-state index contributed by atoms with van der Waals surface area (Å²) in [4.78, 5) is 21.1. The Kier molecular flexibility index (Phi) is 5.71. The van der Waals surface area contributed by atoms with Gasteiger partial charge in [-0.3, -0.25) is 9.59 Å². The fraction of sp³-hybridized carbons (Fsp3) is 0.364. The largest absolute Gasteiger partial charge is 0.481 e. The minimum absolute atomic E-state index is 0.106. The van der Waals surface area contributed by atoms with E-state index in [1.807, 2.05) is 36.4 Å². The van der Waals surface area contributed by atoms with Crippen LogP contribution in [0.3, 0.4) is 0 Å². The Morgan fingerprint density at radius 2 is 0.923 bits per heavy atom. The molecule has 26 heavy (non-hydrogen) atoms. The molecule has 4 heteroatoms. The topological polar surface area (TPSA) is 74.6 Å². The van der Waals surface area contributed by atoms with E-state index in [-0.39, 0.29) is 11.8 Å². The standard InChI is InChI=1S/2C11H12O2/c2*12-11(13)10-6-9(7-10)8-4-2-1-3-5-8/h2*1-5,9-10H,6-7H2,(H,12,13). The van der Waals surface area contributed by atoms with E-state index < -0.39 is 11.9 Å². The Morgan fingerprint density at radius 3 is 1.19 bits per heavy atom. The highest BCUT2D eigenvalue weighted by atomic mass is 16.4. The van der Waals surface area contributed by atoms with Gasteiger partial charge in [-0.1, -0.05) is 60.7 Å². The Morgan fingerprint density at radius 1 is 0.615 bits per heavy atom. The first-order valence-corrected chi connectivity index (χ1v) is 9.10. The maximum absolute atomic E-state index is 10.6. The Bertz CT molecular complexity index is 664. The van der Waals surface area contributed by atoms with Crippen molar-refractivity contribution in [3.05, 3.63) is 71.8 Å². The highest BCUT2D eigenvalue weighted by molar-refractivity contribution is 5.72. The van der Waals surface area contributed by atoms with E-state index in [0.29, 0.717) is 11.8 Å². The lowest BCUT2D eigenvalue weighted by Gasteiger charge is -2.32. The van der Waals surface area contributed by atoms with Crippen LogP contribution in [-0.2, 0) is 9.59 Å². The molecule has 0 radical (unpaired) electrons. The van der Waals surface area contributed by atoms with Crippen LogP contribution in [0.2, 0.25) is 0 Å². The summed E-state index contributed by atoms with van der Waals surface area (Å²) in [5.41, 5.74) is 2.56. The zero-order valence-corrected chi connectivity index (χ0v) is 14.6. The van der Waals surface area contributed by atoms with E-state index in [9.17, 15) is 9.59 Å². The van der Waals surface area contributed by atoms with Gasteiger partial charge in [0, 0.05) is 0 Å². The van der Waals surface area contributed by atoms with Crippen molar-refractivity contribution in [2.24, 2.45) is 11.8 Å². The Balaban J connectivity index is 0.000000151. The van der Waals surface area contributed by atoms with Gasteiger partial charge < -0.3 is 10.2 Å². The van der Waals surface area contributed by atoms with E-state index >= 15 is 0 Å². The van der Waals surface area contributed by atoms with Crippen molar-refractivity contribution in [1.29, 1.82) is 0 Å². The van der Waals surface area contributed by atoms with Gasteiger partial charge in [-0.25, -0.2) is 0 Å².